The van der Waals surface area contributed by atoms with Gasteiger partial charge in [0.15, 0.2) is 0 Å². The molecule has 2 aromatic heterocycles. The predicted octanol–water partition coefficient (Wildman–Crippen LogP) is 2.60. The SMILES string of the molecule is CCn1ccc(CSc2cc(O)cc(C)n2)n1. The van der Waals surface area contributed by atoms with Crippen LogP contribution in [0.3, 0.4) is 0 Å². The number of rotatable bonds is 4. The molecule has 0 amide bonds. The van der Waals surface area contributed by atoms with E-state index in [0.29, 0.717) is 0 Å². The van der Waals surface area contributed by atoms with Crippen LogP contribution in [0.5, 0.6) is 5.75 Å². The minimum atomic E-state index is 0.263. The Kier molecular flexibility index (Phi) is 3.68. The second-order valence-electron chi connectivity index (χ2n) is 3.76. The molecular formula is C12H15N3OS. The minimum Gasteiger partial charge on any atom is -0.508 e. The van der Waals surface area contributed by atoms with Gasteiger partial charge in [0, 0.05) is 36.3 Å². The van der Waals surface area contributed by atoms with E-state index in [1.165, 1.54) is 0 Å². The fourth-order valence-electron chi connectivity index (χ4n) is 1.50. The standard InChI is InChI=1S/C12H15N3OS/c1-3-15-5-4-10(14-15)8-17-12-7-11(16)6-9(2)13-12/h4-7H,3,8H2,1-2H3,(H,13,16). The molecule has 1 N–H and O–H groups in total. The fraction of sp³-hybridized carbons (Fsp3) is 0.333. The topological polar surface area (TPSA) is 50.9 Å². The van der Waals surface area contributed by atoms with Crippen LogP contribution in [0.4, 0.5) is 0 Å². The van der Waals surface area contributed by atoms with Gasteiger partial charge in [-0.15, -0.1) is 0 Å². The Morgan fingerprint density at radius 1 is 1.41 bits per heavy atom. The highest BCUT2D eigenvalue weighted by Crippen LogP contribution is 2.24. The lowest BCUT2D eigenvalue weighted by Gasteiger charge is -2.01. The van der Waals surface area contributed by atoms with Gasteiger partial charge in [0.2, 0.25) is 0 Å². The zero-order chi connectivity index (χ0) is 12.3. The number of nitrogens with zero attached hydrogens (tertiary/aromatic N) is 3. The van der Waals surface area contributed by atoms with E-state index in [0.717, 1.165) is 28.7 Å². The third kappa shape index (κ3) is 3.23. The van der Waals surface area contributed by atoms with Gasteiger partial charge < -0.3 is 5.11 Å². The first-order valence-corrected chi connectivity index (χ1v) is 6.48. The van der Waals surface area contributed by atoms with E-state index in [1.54, 1.807) is 23.9 Å². The monoisotopic (exact) mass is 249 g/mol. The number of thioether (sulfide) groups is 1. The van der Waals surface area contributed by atoms with Gasteiger partial charge in [0.05, 0.1) is 5.69 Å². The van der Waals surface area contributed by atoms with Crippen molar-refractivity contribution in [3.8, 4) is 5.75 Å². The summed E-state index contributed by atoms with van der Waals surface area (Å²) in [5.74, 6) is 1.03. The second-order valence-corrected chi connectivity index (χ2v) is 4.75. The maximum atomic E-state index is 9.46. The van der Waals surface area contributed by atoms with Crippen molar-refractivity contribution in [2.45, 2.75) is 31.2 Å². The first-order valence-electron chi connectivity index (χ1n) is 5.50. The van der Waals surface area contributed by atoms with Crippen LogP contribution < -0.4 is 0 Å². The lowest BCUT2D eigenvalue weighted by atomic mass is 10.4. The van der Waals surface area contributed by atoms with Crippen LogP contribution in [0.1, 0.15) is 18.3 Å². The molecule has 0 atom stereocenters. The van der Waals surface area contributed by atoms with Crippen molar-refractivity contribution in [1.82, 2.24) is 14.8 Å². The molecule has 0 aliphatic carbocycles. The van der Waals surface area contributed by atoms with Gasteiger partial charge in [-0.2, -0.15) is 5.10 Å². The molecule has 90 valence electrons. The molecule has 0 saturated carbocycles. The Morgan fingerprint density at radius 2 is 2.24 bits per heavy atom. The van der Waals surface area contributed by atoms with Crippen LogP contribution in [0.2, 0.25) is 0 Å². The van der Waals surface area contributed by atoms with Crippen molar-refractivity contribution in [2.24, 2.45) is 0 Å². The van der Waals surface area contributed by atoms with Crippen LogP contribution in [-0.4, -0.2) is 19.9 Å². The molecule has 2 heterocycles. The third-order valence-electron chi connectivity index (χ3n) is 2.30. The van der Waals surface area contributed by atoms with Crippen molar-refractivity contribution in [3.05, 3.63) is 35.8 Å². The van der Waals surface area contributed by atoms with E-state index < -0.39 is 0 Å². The van der Waals surface area contributed by atoms with E-state index in [2.05, 4.69) is 17.0 Å². The summed E-state index contributed by atoms with van der Waals surface area (Å²) < 4.78 is 1.90. The number of hydrogen-bond acceptors (Lipinski definition) is 4. The van der Waals surface area contributed by atoms with Gasteiger partial charge in [0.1, 0.15) is 10.8 Å². The normalized spacial score (nSPS) is 10.7. The molecule has 0 aliphatic rings. The molecule has 0 unspecified atom stereocenters. The Labute approximate surface area is 105 Å². The summed E-state index contributed by atoms with van der Waals surface area (Å²) in [6.07, 6.45) is 1.97. The molecule has 0 aromatic carbocycles. The van der Waals surface area contributed by atoms with Gasteiger partial charge in [-0.3, -0.25) is 4.68 Å². The molecule has 0 aliphatic heterocycles. The summed E-state index contributed by atoms with van der Waals surface area (Å²) in [7, 11) is 0. The molecule has 0 fully saturated rings. The molecule has 0 spiro atoms. The molecule has 0 saturated heterocycles. The lowest BCUT2D eigenvalue weighted by molar-refractivity contribution is 0.471. The summed E-state index contributed by atoms with van der Waals surface area (Å²) >= 11 is 1.58. The van der Waals surface area contributed by atoms with Crippen molar-refractivity contribution in [1.29, 1.82) is 0 Å². The maximum Gasteiger partial charge on any atom is 0.120 e. The Bertz CT molecular complexity index is 490. The van der Waals surface area contributed by atoms with Crippen LogP contribution in [-0.2, 0) is 12.3 Å². The van der Waals surface area contributed by atoms with Crippen LogP contribution in [0, 0.1) is 6.92 Å². The van der Waals surface area contributed by atoms with Gasteiger partial charge in [-0.1, -0.05) is 11.8 Å². The van der Waals surface area contributed by atoms with E-state index in [9.17, 15) is 5.11 Å². The summed E-state index contributed by atoms with van der Waals surface area (Å²) in [5.41, 5.74) is 1.85. The van der Waals surface area contributed by atoms with Crippen LogP contribution in [0.25, 0.3) is 0 Å². The third-order valence-corrected chi connectivity index (χ3v) is 3.25. The molecule has 17 heavy (non-hydrogen) atoms. The summed E-state index contributed by atoms with van der Waals surface area (Å²) in [5, 5.41) is 14.7. The number of aromatic hydroxyl groups is 1. The Balaban J connectivity index is 2.01. The second kappa shape index (κ2) is 5.23. The lowest BCUT2D eigenvalue weighted by Crippen LogP contribution is -1.95. The average Bonchev–Trinajstić information content (AvgIpc) is 2.73. The predicted molar refractivity (Wildman–Crippen MR) is 68.1 cm³/mol. The van der Waals surface area contributed by atoms with Crippen molar-refractivity contribution in [2.75, 3.05) is 0 Å². The minimum absolute atomic E-state index is 0.263. The first-order chi connectivity index (χ1) is 8.17. The average molecular weight is 249 g/mol. The molecule has 4 nitrogen and oxygen atoms in total. The van der Waals surface area contributed by atoms with Crippen LogP contribution >= 0.6 is 11.8 Å². The van der Waals surface area contributed by atoms with E-state index in [1.807, 2.05) is 23.9 Å². The molecule has 2 aromatic rings. The summed E-state index contributed by atoms with van der Waals surface area (Å²) in [6.45, 7) is 4.81. The van der Waals surface area contributed by atoms with Gasteiger partial charge in [-0.05, 0) is 19.9 Å². The molecule has 5 heteroatoms. The summed E-state index contributed by atoms with van der Waals surface area (Å²) in [6, 6.07) is 5.33. The summed E-state index contributed by atoms with van der Waals surface area (Å²) in [4.78, 5) is 4.34. The Morgan fingerprint density at radius 3 is 2.88 bits per heavy atom. The van der Waals surface area contributed by atoms with E-state index in [-0.39, 0.29) is 5.75 Å². The van der Waals surface area contributed by atoms with Crippen molar-refractivity contribution >= 4 is 11.8 Å². The highest BCUT2D eigenvalue weighted by atomic mass is 32.2. The zero-order valence-corrected chi connectivity index (χ0v) is 10.7. The largest absolute Gasteiger partial charge is 0.508 e. The molecular weight excluding hydrogens is 234 g/mol. The molecule has 2 rings (SSSR count). The van der Waals surface area contributed by atoms with E-state index >= 15 is 0 Å². The highest BCUT2D eigenvalue weighted by Gasteiger charge is 2.03. The van der Waals surface area contributed by atoms with Crippen LogP contribution in [0.15, 0.2) is 29.4 Å². The Hall–Kier alpha value is -1.49. The molecule has 0 radical (unpaired) electrons. The van der Waals surface area contributed by atoms with Gasteiger partial charge in [0.25, 0.3) is 0 Å². The maximum absolute atomic E-state index is 9.46. The van der Waals surface area contributed by atoms with Gasteiger partial charge in [-0.25, -0.2) is 4.98 Å². The van der Waals surface area contributed by atoms with E-state index in [4.69, 9.17) is 0 Å². The number of hydrogen-bond donors (Lipinski definition) is 1. The number of pyridine rings is 1. The zero-order valence-electron chi connectivity index (χ0n) is 9.92. The smallest absolute Gasteiger partial charge is 0.120 e. The quantitative estimate of drug-likeness (QED) is 0.846. The fourth-order valence-corrected chi connectivity index (χ4v) is 2.36. The van der Waals surface area contributed by atoms with Crippen molar-refractivity contribution < 1.29 is 5.11 Å². The number of aryl methyl sites for hydroxylation is 2. The number of aromatic nitrogens is 3. The highest BCUT2D eigenvalue weighted by molar-refractivity contribution is 7.98. The van der Waals surface area contributed by atoms with Gasteiger partial charge >= 0.3 is 0 Å². The molecule has 0 bridgehead atoms. The van der Waals surface area contributed by atoms with Crippen molar-refractivity contribution in [3.63, 3.8) is 0 Å². The first kappa shape index (κ1) is 12.0.